The molecule has 2 rings (SSSR count). The number of alkyl halides is 2. The molecule has 1 unspecified atom stereocenters. The molecule has 0 aliphatic carbocycles. The maximum Gasteiger partial charge on any atom is 0.266 e. The fraction of sp³-hybridized carbons (Fsp3) is 0.500. The van der Waals surface area contributed by atoms with Gasteiger partial charge >= 0.3 is 0 Å². The molecule has 1 aliphatic rings. The molecule has 16 heavy (non-hydrogen) atoms. The molecular weight excluding hydrogens is 212 g/mol. The molecule has 4 heteroatoms. The maximum absolute atomic E-state index is 13.4. The Kier molecular flexibility index (Phi) is 3.39. The van der Waals surface area contributed by atoms with Crippen LogP contribution in [0.25, 0.3) is 0 Å². The molecule has 0 amide bonds. The predicted octanol–water partition coefficient (Wildman–Crippen LogP) is 2.31. The Morgan fingerprint density at radius 2 is 2.06 bits per heavy atom. The lowest BCUT2D eigenvalue weighted by molar-refractivity contribution is -0.0863. The molecule has 1 heterocycles. The van der Waals surface area contributed by atoms with Crippen LogP contribution in [0.3, 0.4) is 0 Å². The van der Waals surface area contributed by atoms with Gasteiger partial charge in [0, 0.05) is 0 Å². The second-order valence-electron chi connectivity index (χ2n) is 4.05. The predicted molar refractivity (Wildman–Crippen MR) is 57.9 cm³/mol. The van der Waals surface area contributed by atoms with E-state index in [2.05, 4.69) is 5.32 Å². The molecule has 1 atom stereocenters. The first-order valence-electron chi connectivity index (χ1n) is 5.45. The fourth-order valence-electron chi connectivity index (χ4n) is 1.81. The number of rotatable bonds is 3. The van der Waals surface area contributed by atoms with Crippen molar-refractivity contribution in [3.63, 3.8) is 0 Å². The van der Waals surface area contributed by atoms with Gasteiger partial charge in [0.1, 0.15) is 5.75 Å². The van der Waals surface area contributed by atoms with E-state index in [1.54, 1.807) is 12.1 Å². The van der Waals surface area contributed by atoms with Crippen LogP contribution in [0.1, 0.15) is 6.42 Å². The molecule has 0 saturated carbocycles. The van der Waals surface area contributed by atoms with Gasteiger partial charge in [0.15, 0.2) is 0 Å². The summed E-state index contributed by atoms with van der Waals surface area (Å²) in [5, 5.41) is 2.70. The first-order valence-corrected chi connectivity index (χ1v) is 5.45. The van der Waals surface area contributed by atoms with Crippen LogP contribution >= 0.6 is 0 Å². The highest BCUT2D eigenvalue weighted by Gasteiger charge is 2.41. The van der Waals surface area contributed by atoms with Gasteiger partial charge in [-0.25, -0.2) is 8.78 Å². The summed E-state index contributed by atoms with van der Waals surface area (Å²) in [6.07, 6.45) is 0.458. The summed E-state index contributed by atoms with van der Waals surface area (Å²) in [6, 6.07) is 9.08. The van der Waals surface area contributed by atoms with Crippen LogP contribution in [0.2, 0.25) is 0 Å². The molecule has 1 fully saturated rings. The van der Waals surface area contributed by atoms with Gasteiger partial charge in [-0.2, -0.15) is 0 Å². The topological polar surface area (TPSA) is 21.3 Å². The standard InChI is InChI=1S/C12H15F2NO/c13-12(14)9-15-7-6-10(12)8-16-11-4-2-1-3-5-11/h1-5,10,15H,6-9H2. The number of hydrogen-bond acceptors (Lipinski definition) is 2. The van der Waals surface area contributed by atoms with Crippen LogP contribution in [0, 0.1) is 5.92 Å². The smallest absolute Gasteiger partial charge is 0.266 e. The first-order chi connectivity index (χ1) is 7.68. The fourth-order valence-corrected chi connectivity index (χ4v) is 1.81. The molecule has 1 aliphatic heterocycles. The Bertz CT molecular complexity index is 329. The van der Waals surface area contributed by atoms with Crippen molar-refractivity contribution in [3.05, 3.63) is 30.3 Å². The van der Waals surface area contributed by atoms with Gasteiger partial charge in [0.2, 0.25) is 0 Å². The van der Waals surface area contributed by atoms with Crippen LogP contribution in [-0.4, -0.2) is 25.6 Å². The molecule has 0 bridgehead atoms. The van der Waals surface area contributed by atoms with Gasteiger partial charge in [0.05, 0.1) is 19.1 Å². The number of halogens is 2. The van der Waals surface area contributed by atoms with E-state index in [4.69, 9.17) is 4.74 Å². The zero-order chi connectivity index (χ0) is 11.4. The third-order valence-electron chi connectivity index (χ3n) is 2.82. The minimum Gasteiger partial charge on any atom is -0.493 e. The number of piperidine rings is 1. The molecule has 1 aromatic carbocycles. The second kappa shape index (κ2) is 4.78. The second-order valence-corrected chi connectivity index (χ2v) is 4.05. The van der Waals surface area contributed by atoms with Crippen LogP contribution < -0.4 is 10.1 Å². The molecule has 88 valence electrons. The largest absolute Gasteiger partial charge is 0.493 e. The lowest BCUT2D eigenvalue weighted by Crippen LogP contribution is -2.48. The summed E-state index contributed by atoms with van der Waals surface area (Å²) < 4.78 is 32.2. The van der Waals surface area contributed by atoms with Crippen molar-refractivity contribution >= 4 is 0 Å². The van der Waals surface area contributed by atoms with Gasteiger partial charge in [-0.3, -0.25) is 0 Å². The number of benzene rings is 1. The van der Waals surface area contributed by atoms with Crippen molar-refractivity contribution in [3.8, 4) is 5.75 Å². The van der Waals surface area contributed by atoms with Gasteiger partial charge < -0.3 is 10.1 Å². The highest BCUT2D eigenvalue weighted by Crippen LogP contribution is 2.29. The van der Waals surface area contributed by atoms with E-state index < -0.39 is 11.8 Å². The molecular formula is C12H15F2NO. The van der Waals surface area contributed by atoms with Gasteiger partial charge in [-0.1, -0.05) is 18.2 Å². The lowest BCUT2D eigenvalue weighted by atomic mass is 9.95. The Morgan fingerprint density at radius 1 is 1.31 bits per heavy atom. The van der Waals surface area contributed by atoms with Crippen molar-refractivity contribution in [1.29, 1.82) is 0 Å². The Labute approximate surface area is 93.6 Å². The van der Waals surface area contributed by atoms with Crippen LogP contribution in [0.5, 0.6) is 5.75 Å². The minimum atomic E-state index is -2.66. The summed E-state index contributed by atoms with van der Waals surface area (Å²) in [5.41, 5.74) is 0. The number of nitrogens with one attached hydrogen (secondary N) is 1. The maximum atomic E-state index is 13.4. The van der Waals surface area contributed by atoms with E-state index in [1.165, 1.54) is 0 Å². The van der Waals surface area contributed by atoms with Crippen molar-refractivity contribution in [2.24, 2.45) is 5.92 Å². The normalized spacial score (nSPS) is 24.0. The van der Waals surface area contributed by atoms with Gasteiger partial charge in [-0.15, -0.1) is 0 Å². The number of hydrogen-bond donors (Lipinski definition) is 1. The van der Waals surface area contributed by atoms with Crippen molar-refractivity contribution in [2.45, 2.75) is 12.3 Å². The number of para-hydroxylation sites is 1. The summed E-state index contributed by atoms with van der Waals surface area (Å²) in [5.74, 6) is -2.70. The number of ether oxygens (including phenoxy) is 1. The van der Waals surface area contributed by atoms with E-state index in [-0.39, 0.29) is 13.2 Å². The molecule has 0 spiro atoms. The third kappa shape index (κ3) is 2.70. The van der Waals surface area contributed by atoms with Crippen LogP contribution in [0.15, 0.2) is 30.3 Å². The molecule has 2 nitrogen and oxygen atoms in total. The molecule has 0 aromatic heterocycles. The van der Waals surface area contributed by atoms with E-state index in [9.17, 15) is 8.78 Å². The highest BCUT2D eigenvalue weighted by atomic mass is 19.3. The molecule has 0 radical (unpaired) electrons. The quantitative estimate of drug-likeness (QED) is 0.855. The molecule has 1 N–H and O–H groups in total. The van der Waals surface area contributed by atoms with Crippen LogP contribution in [0.4, 0.5) is 8.78 Å². The third-order valence-corrected chi connectivity index (χ3v) is 2.82. The Balaban J connectivity index is 1.90. The summed E-state index contributed by atoms with van der Waals surface area (Å²) in [7, 11) is 0. The molecule has 1 saturated heterocycles. The van der Waals surface area contributed by atoms with Crippen LogP contribution in [-0.2, 0) is 0 Å². The molecule has 1 aromatic rings. The van der Waals surface area contributed by atoms with Crippen molar-refractivity contribution < 1.29 is 13.5 Å². The summed E-state index contributed by atoms with van der Waals surface area (Å²) in [4.78, 5) is 0. The SMILES string of the molecule is FC1(F)CNCCC1COc1ccccc1. The monoisotopic (exact) mass is 227 g/mol. The highest BCUT2D eigenvalue weighted by molar-refractivity contribution is 5.20. The average molecular weight is 227 g/mol. The van der Waals surface area contributed by atoms with E-state index in [0.29, 0.717) is 18.7 Å². The van der Waals surface area contributed by atoms with Crippen molar-refractivity contribution in [2.75, 3.05) is 19.7 Å². The Hall–Kier alpha value is -1.16. The zero-order valence-corrected chi connectivity index (χ0v) is 8.96. The Morgan fingerprint density at radius 3 is 2.75 bits per heavy atom. The van der Waals surface area contributed by atoms with E-state index in [1.807, 2.05) is 18.2 Å². The first kappa shape index (κ1) is 11.3. The zero-order valence-electron chi connectivity index (χ0n) is 8.96. The van der Waals surface area contributed by atoms with E-state index in [0.717, 1.165) is 0 Å². The minimum absolute atomic E-state index is 0.0820. The van der Waals surface area contributed by atoms with Gasteiger partial charge in [0.25, 0.3) is 5.92 Å². The summed E-state index contributed by atoms with van der Waals surface area (Å²) in [6.45, 7) is 0.479. The lowest BCUT2D eigenvalue weighted by Gasteiger charge is -2.31. The van der Waals surface area contributed by atoms with Gasteiger partial charge in [-0.05, 0) is 25.1 Å². The summed E-state index contributed by atoms with van der Waals surface area (Å²) >= 11 is 0. The average Bonchev–Trinajstić information content (AvgIpc) is 2.28. The van der Waals surface area contributed by atoms with Crippen molar-refractivity contribution in [1.82, 2.24) is 5.32 Å². The van der Waals surface area contributed by atoms with E-state index >= 15 is 0 Å².